The molecule has 0 spiro atoms. The number of aromatic nitrogens is 1. The molecule has 1 fully saturated rings. The maximum Gasteiger partial charge on any atom is 0.223 e. The molecule has 4 aromatic rings. The van der Waals surface area contributed by atoms with E-state index in [1.54, 1.807) is 7.11 Å². The van der Waals surface area contributed by atoms with E-state index in [4.69, 9.17) is 9.47 Å². The molecule has 5 nitrogen and oxygen atoms in total. The van der Waals surface area contributed by atoms with Gasteiger partial charge in [-0.25, -0.2) is 0 Å². The molecular formula is C30H32N2O3. The van der Waals surface area contributed by atoms with Crippen LogP contribution in [0.15, 0.2) is 79.0 Å². The Labute approximate surface area is 206 Å². The number of carbonyl (C=O) groups excluding carboxylic acids is 1. The fourth-order valence-electron chi connectivity index (χ4n) is 4.93. The van der Waals surface area contributed by atoms with Crippen molar-refractivity contribution in [3.05, 3.63) is 101 Å². The molecule has 2 heterocycles. The molecule has 35 heavy (non-hydrogen) atoms. The average Bonchev–Trinajstić information content (AvgIpc) is 3.27. The second-order valence-corrected chi connectivity index (χ2v) is 9.24. The Bertz CT molecular complexity index is 1290. The minimum absolute atomic E-state index is 0.0552. The summed E-state index contributed by atoms with van der Waals surface area (Å²) < 4.78 is 13.2. The van der Waals surface area contributed by atoms with Crippen LogP contribution in [-0.4, -0.2) is 48.8 Å². The van der Waals surface area contributed by atoms with E-state index >= 15 is 0 Å². The van der Waals surface area contributed by atoms with Crippen LogP contribution in [0.3, 0.4) is 0 Å². The lowest BCUT2D eigenvalue weighted by molar-refractivity contribution is -0.135. The van der Waals surface area contributed by atoms with Crippen molar-refractivity contribution in [2.45, 2.75) is 25.8 Å². The first kappa shape index (κ1) is 23.2. The number of para-hydroxylation sites is 1. The van der Waals surface area contributed by atoms with Crippen LogP contribution in [0.1, 0.15) is 34.6 Å². The van der Waals surface area contributed by atoms with Gasteiger partial charge in [-0.05, 0) is 41.8 Å². The van der Waals surface area contributed by atoms with Crippen molar-refractivity contribution in [2.75, 3.05) is 33.4 Å². The number of aryl methyl sites for hydroxylation is 1. The van der Waals surface area contributed by atoms with Crippen molar-refractivity contribution in [3.8, 4) is 5.75 Å². The molecule has 0 N–H and O–H groups in total. The van der Waals surface area contributed by atoms with E-state index in [-0.39, 0.29) is 11.8 Å². The summed E-state index contributed by atoms with van der Waals surface area (Å²) >= 11 is 0. The molecule has 1 unspecified atom stereocenters. The molecule has 1 amide bonds. The topological polar surface area (TPSA) is 43.7 Å². The normalized spacial score (nSPS) is 14.7. The Hall–Kier alpha value is -3.57. The summed E-state index contributed by atoms with van der Waals surface area (Å²) in [4.78, 5) is 15.3. The van der Waals surface area contributed by atoms with E-state index in [2.05, 4.69) is 78.4 Å². The van der Waals surface area contributed by atoms with Crippen LogP contribution in [0.2, 0.25) is 0 Å². The Morgan fingerprint density at radius 2 is 1.69 bits per heavy atom. The molecule has 1 saturated heterocycles. The smallest absolute Gasteiger partial charge is 0.223 e. The minimum Gasteiger partial charge on any atom is -0.497 e. The third kappa shape index (κ3) is 5.10. The predicted molar refractivity (Wildman–Crippen MR) is 139 cm³/mol. The number of rotatable bonds is 7. The van der Waals surface area contributed by atoms with Gasteiger partial charge in [0.05, 0.1) is 20.3 Å². The molecule has 3 aromatic carbocycles. The molecular weight excluding hydrogens is 436 g/mol. The SMILES string of the molecule is COc1ccc(C(CC(=O)N2CCOCC2)c2cn(Cc3ccc(C)cc3)c3ccccc23)cc1. The zero-order chi connectivity index (χ0) is 24.2. The van der Waals surface area contributed by atoms with Gasteiger partial charge < -0.3 is 18.9 Å². The first-order valence-electron chi connectivity index (χ1n) is 12.2. The van der Waals surface area contributed by atoms with Crippen molar-refractivity contribution in [1.29, 1.82) is 0 Å². The molecule has 180 valence electrons. The fourth-order valence-corrected chi connectivity index (χ4v) is 4.93. The van der Waals surface area contributed by atoms with Crippen LogP contribution in [0.25, 0.3) is 10.9 Å². The molecule has 1 aromatic heterocycles. The summed E-state index contributed by atoms with van der Waals surface area (Å²) in [6.07, 6.45) is 2.66. The number of benzene rings is 3. The van der Waals surface area contributed by atoms with Gasteiger partial charge >= 0.3 is 0 Å². The number of carbonyl (C=O) groups is 1. The van der Waals surface area contributed by atoms with Gasteiger partial charge in [-0.2, -0.15) is 0 Å². The van der Waals surface area contributed by atoms with Gasteiger partial charge in [0.25, 0.3) is 0 Å². The number of fused-ring (bicyclic) bond motifs is 1. The van der Waals surface area contributed by atoms with Gasteiger partial charge in [0, 0.05) is 49.1 Å². The first-order valence-corrected chi connectivity index (χ1v) is 12.2. The second-order valence-electron chi connectivity index (χ2n) is 9.24. The van der Waals surface area contributed by atoms with E-state index in [1.807, 2.05) is 17.0 Å². The van der Waals surface area contributed by atoms with Crippen molar-refractivity contribution in [2.24, 2.45) is 0 Å². The number of amides is 1. The molecule has 1 aliphatic rings. The van der Waals surface area contributed by atoms with Crippen LogP contribution in [-0.2, 0) is 16.1 Å². The van der Waals surface area contributed by atoms with Crippen LogP contribution in [0.5, 0.6) is 5.75 Å². The van der Waals surface area contributed by atoms with Gasteiger partial charge in [-0.3, -0.25) is 4.79 Å². The van der Waals surface area contributed by atoms with Crippen LogP contribution < -0.4 is 4.74 Å². The van der Waals surface area contributed by atoms with E-state index in [0.29, 0.717) is 32.7 Å². The summed E-state index contributed by atoms with van der Waals surface area (Å²) in [5.41, 5.74) is 5.99. The number of morpholine rings is 1. The largest absolute Gasteiger partial charge is 0.497 e. The average molecular weight is 469 g/mol. The maximum absolute atomic E-state index is 13.4. The van der Waals surface area contributed by atoms with Crippen molar-refractivity contribution >= 4 is 16.8 Å². The second kappa shape index (κ2) is 10.4. The fraction of sp³-hybridized carbons (Fsp3) is 0.300. The van der Waals surface area contributed by atoms with Gasteiger partial charge in [0.1, 0.15) is 5.75 Å². The monoisotopic (exact) mass is 468 g/mol. The Balaban J connectivity index is 1.55. The summed E-state index contributed by atoms with van der Waals surface area (Å²) in [5, 5.41) is 1.19. The third-order valence-electron chi connectivity index (χ3n) is 6.93. The number of nitrogens with zero attached hydrogens (tertiary/aromatic N) is 2. The molecule has 5 rings (SSSR count). The van der Waals surface area contributed by atoms with Crippen molar-refractivity contribution < 1.29 is 14.3 Å². The molecule has 0 aliphatic carbocycles. The molecule has 1 atom stereocenters. The number of ether oxygens (including phenoxy) is 2. The summed E-state index contributed by atoms with van der Waals surface area (Å²) in [6, 6.07) is 25.3. The third-order valence-corrected chi connectivity index (χ3v) is 6.93. The van der Waals surface area contributed by atoms with E-state index < -0.39 is 0 Å². The van der Waals surface area contributed by atoms with Gasteiger partial charge in [0.2, 0.25) is 5.91 Å². The summed E-state index contributed by atoms with van der Waals surface area (Å²) in [5.74, 6) is 0.929. The highest BCUT2D eigenvalue weighted by atomic mass is 16.5. The molecule has 0 radical (unpaired) electrons. The molecule has 5 heteroatoms. The lowest BCUT2D eigenvalue weighted by Crippen LogP contribution is -2.41. The maximum atomic E-state index is 13.4. The number of hydrogen-bond donors (Lipinski definition) is 0. The van der Waals surface area contributed by atoms with E-state index in [9.17, 15) is 4.79 Å². The Morgan fingerprint density at radius 1 is 0.971 bits per heavy atom. The van der Waals surface area contributed by atoms with Crippen molar-refractivity contribution in [1.82, 2.24) is 9.47 Å². The Morgan fingerprint density at radius 3 is 2.40 bits per heavy atom. The van der Waals surface area contributed by atoms with E-state index in [0.717, 1.165) is 17.9 Å². The zero-order valence-corrected chi connectivity index (χ0v) is 20.4. The van der Waals surface area contributed by atoms with Crippen LogP contribution in [0.4, 0.5) is 0 Å². The quantitative estimate of drug-likeness (QED) is 0.365. The van der Waals surface area contributed by atoms with Gasteiger partial charge in [0.15, 0.2) is 0 Å². The number of hydrogen-bond acceptors (Lipinski definition) is 3. The van der Waals surface area contributed by atoms with Gasteiger partial charge in [-0.1, -0.05) is 60.2 Å². The molecule has 1 aliphatic heterocycles. The molecule has 0 bridgehead atoms. The number of methoxy groups -OCH3 is 1. The minimum atomic E-state index is -0.0552. The first-order chi connectivity index (χ1) is 17.1. The van der Waals surface area contributed by atoms with Crippen LogP contribution in [0, 0.1) is 6.92 Å². The highest BCUT2D eigenvalue weighted by Gasteiger charge is 2.26. The predicted octanol–water partition coefficient (Wildman–Crippen LogP) is 5.39. The lowest BCUT2D eigenvalue weighted by atomic mass is 9.87. The van der Waals surface area contributed by atoms with Gasteiger partial charge in [-0.15, -0.1) is 0 Å². The molecule has 0 saturated carbocycles. The zero-order valence-electron chi connectivity index (χ0n) is 20.4. The van der Waals surface area contributed by atoms with Crippen LogP contribution >= 0.6 is 0 Å². The Kier molecular flexibility index (Phi) is 6.87. The highest BCUT2D eigenvalue weighted by molar-refractivity contribution is 5.87. The standard InChI is InChI=1S/C30H32N2O3/c1-22-7-9-23(10-8-22)20-32-21-28(26-5-3-4-6-29(26)32)27(24-11-13-25(34-2)14-12-24)19-30(33)31-15-17-35-18-16-31/h3-14,21,27H,15-20H2,1-2H3. The summed E-state index contributed by atoms with van der Waals surface area (Å²) in [7, 11) is 1.67. The highest BCUT2D eigenvalue weighted by Crippen LogP contribution is 2.36. The summed E-state index contributed by atoms with van der Waals surface area (Å²) in [6.45, 7) is 5.42. The lowest BCUT2D eigenvalue weighted by Gasteiger charge is -2.28. The van der Waals surface area contributed by atoms with Crippen molar-refractivity contribution in [3.63, 3.8) is 0 Å². The van der Waals surface area contributed by atoms with E-state index in [1.165, 1.54) is 27.6 Å².